The summed E-state index contributed by atoms with van der Waals surface area (Å²) in [4.78, 5) is 28.8. The van der Waals surface area contributed by atoms with Crippen LogP contribution in [0.1, 0.15) is 36.0 Å². The SMILES string of the molecule is O=C(NC1CCC(Oc2ccccn2)CC1)c1cc2ccccc2oc1=O. The number of hydrogen-bond acceptors (Lipinski definition) is 5. The zero-order valence-corrected chi connectivity index (χ0v) is 14.8. The van der Waals surface area contributed by atoms with Gasteiger partial charge in [-0.15, -0.1) is 0 Å². The van der Waals surface area contributed by atoms with Gasteiger partial charge in [-0.05, 0) is 43.9 Å². The average Bonchev–Trinajstić information content (AvgIpc) is 2.69. The number of rotatable bonds is 4. The van der Waals surface area contributed by atoms with Crippen LogP contribution in [-0.2, 0) is 0 Å². The van der Waals surface area contributed by atoms with Crippen LogP contribution in [0.25, 0.3) is 11.0 Å². The fourth-order valence-electron chi connectivity index (χ4n) is 3.40. The second-order valence-electron chi connectivity index (χ2n) is 6.72. The van der Waals surface area contributed by atoms with E-state index in [1.807, 2.05) is 30.3 Å². The maximum atomic E-state index is 12.5. The van der Waals surface area contributed by atoms with E-state index in [1.54, 1.807) is 24.4 Å². The van der Waals surface area contributed by atoms with Gasteiger partial charge < -0.3 is 14.5 Å². The van der Waals surface area contributed by atoms with Crippen molar-refractivity contribution >= 4 is 16.9 Å². The van der Waals surface area contributed by atoms with E-state index in [0.29, 0.717) is 11.5 Å². The Balaban J connectivity index is 1.37. The number of para-hydroxylation sites is 1. The Morgan fingerprint density at radius 3 is 2.63 bits per heavy atom. The number of carbonyl (C=O) groups excluding carboxylic acids is 1. The zero-order valence-electron chi connectivity index (χ0n) is 14.8. The summed E-state index contributed by atoms with van der Waals surface area (Å²) < 4.78 is 11.1. The summed E-state index contributed by atoms with van der Waals surface area (Å²) >= 11 is 0. The van der Waals surface area contributed by atoms with E-state index >= 15 is 0 Å². The molecule has 1 saturated carbocycles. The number of fused-ring (bicyclic) bond motifs is 1. The molecule has 0 radical (unpaired) electrons. The first kappa shape index (κ1) is 17.3. The standard InChI is InChI=1S/C21H20N2O4/c24-20(17-13-14-5-1-2-6-18(14)27-21(17)25)23-15-8-10-16(11-9-15)26-19-7-3-4-12-22-19/h1-7,12-13,15-16H,8-11H2,(H,23,24). The second-order valence-corrected chi connectivity index (χ2v) is 6.72. The van der Waals surface area contributed by atoms with Crippen molar-refractivity contribution in [3.8, 4) is 5.88 Å². The lowest BCUT2D eigenvalue weighted by molar-refractivity contribution is 0.0887. The third-order valence-electron chi connectivity index (χ3n) is 4.82. The first-order chi connectivity index (χ1) is 13.2. The monoisotopic (exact) mass is 364 g/mol. The Morgan fingerprint density at radius 2 is 1.85 bits per heavy atom. The van der Waals surface area contributed by atoms with Crippen molar-refractivity contribution in [2.24, 2.45) is 0 Å². The first-order valence-electron chi connectivity index (χ1n) is 9.10. The molecule has 138 valence electrons. The molecule has 0 spiro atoms. The highest BCUT2D eigenvalue weighted by Gasteiger charge is 2.25. The van der Waals surface area contributed by atoms with Gasteiger partial charge in [-0.3, -0.25) is 4.79 Å². The Hall–Kier alpha value is -3.15. The molecule has 1 fully saturated rings. The van der Waals surface area contributed by atoms with Crippen LogP contribution in [-0.4, -0.2) is 23.0 Å². The lowest BCUT2D eigenvalue weighted by Gasteiger charge is -2.29. The highest BCUT2D eigenvalue weighted by atomic mass is 16.5. The highest BCUT2D eigenvalue weighted by molar-refractivity contribution is 5.96. The summed E-state index contributed by atoms with van der Waals surface area (Å²) in [6, 6.07) is 14.3. The Morgan fingerprint density at radius 1 is 1.07 bits per heavy atom. The predicted octanol–water partition coefficient (Wildman–Crippen LogP) is 3.31. The van der Waals surface area contributed by atoms with Crippen molar-refractivity contribution in [3.05, 3.63) is 70.7 Å². The van der Waals surface area contributed by atoms with Gasteiger partial charge in [0.25, 0.3) is 5.91 Å². The van der Waals surface area contributed by atoms with E-state index in [9.17, 15) is 9.59 Å². The lowest BCUT2D eigenvalue weighted by Crippen LogP contribution is -2.41. The summed E-state index contributed by atoms with van der Waals surface area (Å²) in [5, 5.41) is 3.69. The van der Waals surface area contributed by atoms with E-state index in [-0.39, 0.29) is 23.6 Å². The Bertz CT molecular complexity index is 992. The van der Waals surface area contributed by atoms with Gasteiger partial charge in [-0.25, -0.2) is 9.78 Å². The molecule has 2 heterocycles. The van der Waals surface area contributed by atoms with Crippen molar-refractivity contribution in [2.45, 2.75) is 37.8 Å². The van der Waals surface area contributed by atoms with Gasteiger partial charge in [0.2, 0.25) is 5.88 Å². The molecule has 1 N–H and O–H groups in total. The average molecular weight is 364 g/mol. The molecule has 2 aromatic heterocycles. The van der Waals surface area contributed by atoms with Gasteiger partial charge >= 0.3 is 5.63 Å². The molecule has 6 heteroatoms. The molecule has 1 amide bonds. The molecular weight excluding hydrogens is 344 g/mol. The van der Waals surface area contributed by atoms with Crippen LogP contribution in [0, 0.1) is 0 Å². The van der Waals surface area contributed by atoms with E-state index in [1.165, 1.54) is 0 Å². The fourth-order valence-corrected chi connectivity index (χ4v) is 3.40. The third kappa shape index (κ3) is 4.00. The highest BCUT2D eigenvalue weighted by Crippen LogP contribution is 2.23. The van der Waals surface area contributed by atoms with Crippen LogP contribution in [0.3, 0.4) is 0 Å². The van der Waals surface area contributed by atoms with E-state index in [0.717, 1.165) is 31.1 Å². The molecule has 6 nitrogen and oxygen atoms in total. The number of carbonyl (C=O) groups is 1. The molecule has 0 aliphatic heterocycles. The van der Waals surface area contributed by atoms with E-state index in [4.69, 9.17) is 9.15 Å². The van der Waals surface area contributed by atoms with Crippen LogP contribution in [0.5, 0.6) is 5.88 Å². The molecule has 0 unspecified atom stereocenters. The Kier molecular flexibility index (Phi) is 4.87. The molecule has 1 aromatic carbocycles. The van der Waals surface area contributed by atoms with Crippen molar-refractivity contribution in [1.29, 1.82) is 0 Å². The number of nitrogens with zero attached hydrogens (tertiary/aromatic N) is 1. The number of pyridine rings is 1. The number of benzene rings is 1. The lowest BCUT2D eigenvalue weighted by atomic mass is 9.92. The minimum atomic E-state index is -0.613. The minimum absolute atomic E-state index is 0.0203. The van der Waals surface area contributed by atoms with Gasteiger partial charge in [0.05, 0.1) is 0 Å². The summed E-state index contributed by atoms with van der Waals surface area (Å²) in [5.41, 5.74) is -0.0924. The second kappa shape index (κ2) is 7.61. The molecule has 3 aromatic rings. The zero-order chi connectivity index (χ0) is 18.6. The minimum Gasteiger partial charge on any atom is -0.474 e. The number of nitrogens with one attached hydrogen (secondary N) is 1. The van der Waals surface area contributed by atoms with Crippen LogP contribution >= 0.6 is 0 Å². The van der Waals surface area contributed by atoms with E-state index in [2.05, 4.69) is 10.3 Å². The van der Waals surface area contributed by atoms with Gasteiger partial charge in [-0.2, -0.15) is 0 Å². The first-order valence-corrected chi connectivity index (χ1v) is 9.10. The molecule has 1 aliphatic carbocycles. The predicted molar refractivity (Wildman–Crippen MR) is 101 cm³/mol. The smallest absolute Gasteiger partial charge is 0.349 e. The van der Waals surface area contributed by atoms with E-state index < -0.39 is 5.63 Å². The largest absolute Gasteiger partial charge is 0.474 e. The third-order valence-corrected chi connectivity index (χ3v) is 4.82. The molecule has 0 atom stereocenters. The molecule has 4 rings (SSSR count). The summed E-state index contributed by atoms with van der Waals surface area (Å²) in [6.07, 6.45) is 5.04. The molecular formula is C21H20N2O4. The van der Waals surface area contributed by atoms with Crippen LogP contribution in [0.15, 0.2) is 63.9 Å². The van der Waals surface area contributed by atoms with Gasteiger partial charge in [0, 0.05) is 23.7 Å². The number of amides is 1. The van der Waals surface area contributed by atoms with Crippen LogP contribution < -0.4 is 15.7 Å². The molecule has 1 aliphatic rings. The van der Waals surface area contributed by atoms with Crippen molar-refractivity contribution in [3.63, 3.8) is 0 Å². The molecule has 0 bridgehead atoms. The molecule has 27 heavy (non-hydrogen) atoms. The number of ether oxygens (including phenoxy) is 1. The quantitative estimate of drug-likeness (QED) is 0.718. The van der Waals surface area contributed by atoms with Crippen molar-refractivity contribution < 1.29 is 13.9 Å². The number of aromatic nitrogens is 1. The summed E-state index contributed by atoms with van der Waals surface area (Å²) in [5.74, 6) is 0.238. The molecule has 0 saturated heterocycles. The number of hydrogen-bond donors (Lipinski definition) is 1. The van der Waals surface area contributed by atoms with Crippen molar-refractivity contribution in [1.82, 2.24) is 10.3 Å². The summed E-state index contributed by atoms with van der Waals surface area (Å²) in [6.45, 7) is 0. The normalized spacial score (nSPS) is 19.6. The fraction of sp³-hybridized carbons (Fsp3) is 0.286. The maximum Gasteiger partial charge on any atom is 0.349 e. The van der Waals surface area contributed by atoms with Gasteiger partial charge in [-0.1, -0.05) is 24.3 Å². The van der Waals surface area contributed by atoms with Crippen LogP contribution in [0.2, 0.25) is 0 Å². The Labute approximate surface area is 156 Å². The maximum absolute atomic E-state index is 12.5. The topological polar surface area (TPSA) is 81.4 Å². The van der Waals surface area contributed by atoms with Crippen molar-refractivity contribution in [2.75, 3.05) is 0 Å². The van der Waals surface area contributed by atoms with Gasteiger partial charge in [0.1, 0.15) is 17.3 Å². The summed E-state index contributed by atoms with van der Waals surface area (Å²) in [7, 11) is 0. The van der Waals surface area contributed by atoms with Gasteiger partial charge in [0.15, 0.2) is 0 Å². The van der Waals surface area contributed by atoms with Crippen LogP contribution in [0.4, 0.5) is 0 Å².